The van der Waals surface area contributed by atoms with Crippen molar-refractivity contribution >= 4 is 5.91 Å². The summed E-state index contributed by atoms with van der Waals surface area (Å²) in [7, 11) is 0. The molecule has 17 heavy (non-hydrogen) atoms. The SMILES string of the molecule is CC1CNCC(NC(=O)C2CCCC2(C)C)C1. The monoisotopic (exact) mass is 238 g/mol. The Kier molecular flexibility index (Phi) is 3.76. The van der Waals surface area contributed by atoms with E-state index in [1.54, 1.807) is 0 Å². The number of carbonyl (C=O) groups is 1. The van der Waals surface area contributed by atoms with Gasteiger partial charge in [0.05, 0.1) is 0 Å². The van der Waals surface area contributed by atoms with Crippen LogP contribution in [0.4, 0.5) is 0 Å². The fourth-order valence-electron chi connectivity index (χ4n) is 3.38. The fraction of sp³-hybridized carbons (Fsp3) is 0.929. The first-order valence-corrected chi connectivity index (χ1v) is 7.00. The number of nitrogens with one attached hydrogen (secondary N) is 2. The van der Waals surface area contributed by atoms with Crippen molar-refractivity contribution in [1.29, 1.82) is 0 Å². The molecule has 0 spiro atoms. The van der Waals surface area contributed by atoms with Gasteiger partial charge in [0.2, 0.25) is 5.91 Å². The van der Waals surface area contributed by atoms with Crippen molar-refractivity contribution in [2.75, 3.05) is 13.1 Å². The van der Waals surface area contributed by atoms with Gasteiger partial charge < -0.3 is 10.6 Å². The van der Waals surface area contributed by atoms with Crippen LogP contribution in [0.2, 0.25) is 0 Å². The summed E-state index contributed by atoms with van der Waals surface area (Å²) in [6, 6.07) is 0.336. The predicted octanol–water partition coefficient (Wildman–Crippen LogP) is 1.93. The number of rotatable bonds is 2. The van der Waals surface area contributed by atoms with Crippen LogP contribution >= 0.6 is 0 Å². The summed E-state index contributed by atoms with van der Waals surface area (Å²) in [5.41, 5.74) is 0.192. The van der Waals surface area contributed by atoms with Gasteiger partial charge in [-0.3, -0.25) is 4.79 Å². The molecule has 1 heterocycles. The van der Waals surface area contributed by atoms with E-state index in [1.165, 1.54) is 12.8 Å². The molecule has 0 aromatic heterocycles. The van der Waals surface area contributed by atoms with Gasteiger partial charge in [-0.2, -0.15) is 0 Å². The Morgan fingerprint density at radius 1 is 1.35 bits per heavy atom. The molecule has 2 aliphatic rings. The number of piperidine rings is 1. The maximum absolute atomic E-state index is 12.3. The molecular weight excluding hydrogens is 212 g/mol. The minimum Gasteiger partial charge on any atom is -0.352 e. The fourth-order valence-corrected chi connectivity index (χ4v) is 3.38. The van der Waals surface area contributed by atoms with Gasteiger partial charge in [0.1, 0.15) is 0 Å². The maximum atomic E-state index is 12.3. The maximum Gasteiger partial charge on any atom is 0.223 e. The van der Waals surface area contributed by atoms with E-state index in [4.69, 9.17) is 0 Å². The van der Waals surface area contributed by atoms with Crippen LogP contribution < -0.4 is 10.6 Å². The second kappa shape index (κ2) is 4.97. The third-order valence-electron chi connectivity index (χ3n) is 4.49. The molecule has 0 aromatic rings. The van der Waals surface area contributed by atoms with E-state index in [0.717, 1.165) is 25.9 Å². The average molecular weight is 238 g/mol. The van der Waals surface area contributed by atoms with Crippen molar-refractivity contribution in [3.05, 3.63) is 0 Å². The first kappa shape index (κ1) is 12.9. The molecule has 2 fully saturated rings. The summed E-state index contributed by atoms with van der Waals surface area (Å²) in [5.74, 6) is 1.18. The molecule has 1 aliphatic carbocycles. The Bertz CT molecular complexity index is 288. The zero-order chi connectivity index (χ0) is 12.5. The van der Waals surface area contributed by atoms with Crippen molar-refractivity contribution in [2.45, 2.75) is 52.5 Å². The van der Waals surface area contributed by atoms with Crippen LogP contribution in [0.3, 0.4) is 0 Å². The average Bonchev–Trinajstić information content (AvgIpc) is 2.58. The molecular formula is C14H26N2O. The number of carbonyl (C=O) groups excluding carboxylic acids is 1. The lowest BCUT2D eigenvalue weighted by atomic mass is 9.81. The standard InChI is InChI=1S/C14H26N2O/c1-10-7-11(9-15-8-10)16-13(17)12-5-4-6-14(12,2)3/h10-12,15H,4-9H2,1-3H3,(H,16,17). The van der Waals surface area contributed by atoms with Gasteiger partial charge in [0.25, 0.3) is 0 Å². The molecule has 3 atom stereocenters. The second-order valence-corrected chi connectivity index (χ2v) is 6.64. The Hall–Kier alpha value is -0.570. The zero-order valence-electron chi connectivity index (χ0n) is 11.4. The van der Waals surface area contributed by atoms with Crippen LogP contribution in [0.25, 0.3) is 0 Å². The molecule has 98 valence electrons. The molecule has 1 saturated carbocycles. The Labute approximate surface area is 105 Å². The Morgan fingerprint density at radius 2 is 2.12 bits per heavy atom. The van der Waals surface area contributed by atoms with Gasteiger partial charge in [0.15, 0.2) is 0 Å². The van der Waals surface area contributed by atoms with Gasteiger partial charge in [-0.1, -0.05) is 27.2 Å². The highest BCUT2D eigenvalue weighted by Crippen LogP contribution is 2.42. The van der Waals surface area contributed by atoms with E-state index in [1.807, 2.05) is 0 Å². The van der Waals surface area contributed by atoms with Crippen molar-refractivity contribution < 1.29 is 4.79 Å². The van der Waals surface area contributed by atoms with E-state index in [0.29, 0.717) is 12.0 Å². The van der Waals surface area contributed by atoms with Gasteiger partial charge >= 0.3 is 0 Å². The van der Waals surface area contributed by atoms with E-state index < -0.39 is 0 Å². The molecule has 3 unspecified atom stereocenters. The summed E-state index contributed by atoms with van der Waals surface area (Å²) < 4.78 is 0. The van der Waals surface area contributed by atoms with Crippen LogP contribution in [0.1, 0.15) is 46.5 Å². The van der Waals surface area contributed by atoms with Crippen LogP contribution in [-0.4, -0.2) is 25.0 Å². The first-order chi connectivity index (χ1) is 7.99. The van der Waals surface area contributed by atoms with Crippen molar-refractivity contribution in [3.8, 4) is 0 Å². The number of hydrogen-bond donors (Lipinski definition) is 2. The van der Waals surface area contributed by atoms with Crippen LogP contribution in [-0.2, 0) is 4.79 Å². The van der Waals surface area contributed by atoms with Crippen LogP contribution in [0.5, 0.6) is 0 Å². The lowest BCUT2D eigenvalue weighted by molar-refractivity contribution is -0.128. The highest BCUT2D eigenvalue weighted by Gasteiger charge is 2.39. The molecule has 0 bridgehead atoms. The molecule has 3 heteroatoms. The Morgan fingerprint density at radius 3 is 2.71 bits per heavy atom. The lowest BCUT2D eigenvalue weighted by Gasteiger charge is -2.32. The normalized spacial score (nSPS) is 36.8. The molecule has 1 aliphatic heterocycles. The minimum absolute atomic E-state index is 0.192. The van der Waals surface area contributed by atoms with Crippen molar-refractivity contribution in [2.24, 2.45) is 17.3 Å². The molecule has 1 saturated heterocycles. The van der Waals surface area contributed by atoms with E-state index in [-0.39, 0.29) is 17.2 Å². The van der Waals surface area contributed by atoms with Crippen LogP contribution in [0, 0.1) is 17.3 Å². The molecule has 1 amide bonds. The van der Waals surface area contributed by atoms with Gasteiger partial charge in [-0.15, -0.1) is 0 Å². The van der Waals surface area contributed by atoms with Crippen molar-refractivity contribution in [1.82, 2.24) is 10.6 Å². The largest absolute Gasteiger partial charge is 0.352 e. The summed E-state index contributed by atoms with van der Waals surface area (Å²) in [6.45, 7) is 8.72. The molecule has 2 N–H and O–H groups in total. The minimum atomic E-state index is 0.192. The summed E-state index contributed by atoms with van der Waals surface area (Å²) in [5, 5.41) is 6.63. The third-order valence-corrected chi connectivity index (χ3v) is 4.49. The second-order valence-electron chi connectivity index (χ2n) is 6.64. The van der Waals surface area contributed by atoms with Gasteiger partial charge in [-0.25, -0.2) is 0 Å². The summed E-state index contributed by atoms with van der Waals surface area (Å²) in [4.78, 5) is 12.3. The van der Waals surface area contributed by atoms with E-state index >= 15 is 0 Å². The third kappa shape index (κ3) is 3.01. The highest BCUT2D eigenvalue weighted by atomic mass is 16.2. The predicted molar refractivity (Wildman–Crippen MR) is 69.7 cm³/mol. The molecule has 2 rings (SSSR count). The topological polar surface area (TPSA) is 41.1 Å². The van der Waals surface area contributed by atoms with E-state index in [9.17, 15) is 4.79 Å². The molecule has 3 nitrogen and oxygen atoms in total. The van der Waals surface area contributed by atoms with Crippen LogP contribution in [0.15, 0.2) is 0 Å². The van der Waals surface area contributed by atoms with Gasteiger partial charge in [-0.05, 0) is 37.1 Å². The van der Waals surface area contributed by atoms with Gasteiger partial charge in [0, 0.05) is 18.5 Å². The Balaban J connectivity index is 1.88. The first-order valence-electron chi connectivity index (χ1n) is 7.00. The summed E-state index contributed by atoms with van der Waals surface area (Å²) in [6.07, 6.45) is 4.56. The quantitative estimate of drug-likeness (QED) is 0.772. The lowest BCUT2D eigenvalue weighted by Crippen LogP contribution is -2.50. The number of hydrogen-bond acceptors (Lipinski definition) is 2. The summed E-state index contributed by atoms with van der Waals surface area (Å²) >= 11 is 0. The molecule has 0 radical (unpaired) electrons. The zero-order valence-corrected chi connectivity index (χ0v) is 11.4. The van der Waals surface area contributed by atoms with E-state index in [2.05, 4.69) is 31.4 Å². The number of amides is 1. The smallest absolute Gasteiger partial charge is 0.223 e. The van der Waals surface area contributed by atoms with Crippen molar-refractivity contribution in [3.63, 3.8) is 0 Å². The molecule has 0 aromatic carbocycles. The highest BCUT2D eigenvalue weighted by molar-refractivity contribution is 5.80.